The lowest BCUT2D eigenvalue weighted by Gasteiger charge is -2.34. The van der Waals surface area contributed by atoms with Crippen molar-refractivity contribution >= 4 is 5.97 Å². The Balaban J connectivity index is 5.79. The molecule has 20 heavy (non-hydrogen) atoms. The van der Waals surface area contributed by atoms with Crippen molar-refractivity contribution in [1.82, 2.24) is 0 Å². The maximum atomic E-state index is 12.7. The van der Waals surface area contributed by atoms with Crippen LogP contribution < -0.4 is 0 Å². The molecule has 0 atom stereocenters. The molecule has 0 radical (unpaired) electrons. The molecule has 0 N–H and O–H groups in total. The highest BCUT2D eigenvalue weighted by Gasteiger charge is 2.87. The lowest BCUT2D eigenvalue weighted by molar-refractivity contribution is -0.442. The zero-order valence-corrected chi connectivity index (χ0v) is 8.35. The van der Waals surface area contributed by atoms with Crippen LogP contribution in [0, 0.1) is 0 Å². The van der Waals surface area contributed by atoms with Gasteiger partial charge in [0.1, 0.15) is 0 Å². The molecule has 0 saturated carbocycles. The zero-order chi connectivity index (χ0) is 16.8. The summed E-state index contributed by atoms with van der Waals surface area (Å²) < 4.78 is 145. The second-order valence-corrected chi connectivity index (χ2v) is 3.06. The lowest BCUT2D eigenvalue weighted by atomic mass is 10.0. The van der Waals surface area contributed by atoms with Crippen molar-refractivity contribution < 1.29 is 62.2 Å². The maximum Gasteiger partial charge on any atom is 0.491 e. The normalized spacial score (nSPS) is 15.2. The fraction of sp³-hybridized carbons (Fsp3) is 0.833. The molecule has 14 heteroatoms. The largest absolute Gasteiger partial charge is 0.491 e. The number of carbonyl (C=O) groups is 1. The summed E-state index contributed by atoms with van der Waals surface area (Å²) in [4.78, 5) is 9.85. The highest BCUT2D eigenvalue weighted by atomic mass is 19.4. The molecule has 0 aliphatic rings. The molecular formula is C6F12O2. The van der Waals surface area contributed by atoms with Gasteiger partial charge in [-0.15, -0.1) is 0 Å². The fourth-order valence-corrected chi connectivity index (χ4v) is 0.735. The van der Waals surface area contributed by atoms with Crippen LogP contribution in [0.1, 0.15) is 0 Å². The van der Waals surface area contributed by atoms with E-state index in [1.165, 1.54) is 0 Å². The third-order valence-electron chi connectivity index (χ3n) is 1.63. The van der Waals surface area contributed by atoms with Gasteiger partial charge in [-0.2, -0.15) is 48.3 Å². The van der Waals surface area contributed by atoms with Gasteiger partial charge in [-0.1, -0.05) is 0 Å². The monoisotopic (exact) mass is 332 g/mol. The minimum atomic E-state index is -7.51. The van der Waals surface area contributed by atoms with E-state index >= 15 is 0 Å². The molecular weight excluding hydrogens is 332 g/mol. The van der Waals surface area contributed by atoms with Gasteiger partial charge < -0.3 is 4.74 Å². The number of hydrogen-bond donors (Lipinski definition) is 0. The molecule has 120 valence electrons. The van der Waals surface area contributed by atoms with Crippen molar-refractivity contribution in [2.45, 2.75) is 30.3 Å². The molecule has 0 aliphatic heterocycles. The number of esters is 1. The van der Waals surface area contributed by atoms with Crippen molar-refractivity contribution in [3.05, 3.63) is 0 Å². The van der Waals surface area contributed by atoms with Gasteiger partial charge in [-0.3, -0.25) is 0 Å². The van der Waals surface area contributed by atoms with Gasteiger partial charge in [-0.05, 0) is 0 Å². The van der Waals surface area contributed by atoms with Gasteiger partial charge in [0, 0.05) is 0 Å². The third-order valence-corrected chi connectivity index (χ3v) is 1.63. The topological polar surface area (TPSA) is 26.3 Å². The summed E-state index contributed by atoms with van der Waals surface area (Å²) in [5.74, 6) is -4.13. The minimum absolute atomic E-state index is 1.71. The first-order valence-corrected chi connectivity index (χ1v) is 3.88. The molecule has 0 aliphatic carbocycles. The van der Waals surface area contributed by atoms with E-state index in [9.17, 15) is 57.5 Å². The molecule has 0 bridgehead atoms. The van der Waals surface area contributed by atoms with Crippen LogP contribution in [0.25, 0.3) is 0 Å². The second-order valence-electron chi connectivity index (χ2n) is 3.06. The summed E-state index contributed by atoms with van der Waals surface area (Å²) in [7, 11) is 0. The first-order chi connectivity index (χ1) is 8.38. The van der Waals surface area contributed by atoms with Gasteiger partial charge in [0.2, 0.25) is 0 Å². The first-order valence-electron chi connectivity index (χ1n) is 3.88. The van der Waals surface area contributed by atoms with Gasteiger partial charge in [-0.25, -0.2) is 9.18 Å². The molecule has 0 saturated heterocycles. The first kappa shape index (κ1) is 18.6. The van der Waals surface area contributed by atoms with Crippen molar-refractivity contribution in [3.63, 3.8) is 0 Å². The molecule has 0 spiro atoms. The van der Waals surface area contributed by atoms with E-state index in [0.29, 0.717) is 0 Å². The molecule has 0 fully saturated rings. The molecule has 0 unspecified atom stereocenters. The van der Waals surface area contributed by atoms with Gasteiger partial charge in [0.15, 0.2) is 0 Å². The maximum absolute atomic E-state index is 12.7. The van der Waals surface area contributed by atoms with E-state index in [1.54, 1.807) is 4.74 Å². The quantitative estimate of drug-likeness (QED) is 0.571. The van der Waals surface area contributed by atoms with E-state index in [-0.39, 0.29) is 0 Å². The van der Waals surface area contributed by atoms with Gasteiger partial charge in [0.05, 0.1) is 0 Å². The second kappa shape index (κ2) is 4.58. The predicted molar refractivity (Wildman–Crippen MR) is 33.0 cm³/mol. The van der Waals surface area contributed by atoms with Gasteiger partial charge in [0.25, 0.3) is 0 Å². The number of rotatable bonds is 2. The summed E-state index contributed by atoms with van der Waals surface area (Å²) in [5.41, 5.74) is -7.51. The number of halogens is 12. The van der Waals surface area contributed by atoms with Crippen molar-refractivity contribution in [2.24, 2.45) is 0 Å². The predicted octanol–water partition coefficient (Wildman–Crippen LogP) is 3.52. The van der Waals surface area contributed by atoms with Crippen molar-refractivity contribution in [1.29, 1.82) is 0 Å². The molecule has 0 aromatic carbocycles. The van der Waals surface area contributed by atoms with Crippen molar-refractivity contribution in [3.8, 4) is 0 Å². The Morgan fingerprint density at radius 1 is 0.650 bits per heavy atom. The molecule has 2 nitrogen and oxygen atoms in total. The SMILES string of the molecule is O=C(OC(F)(F)C(F)(C(F)(F)F)C(F)(F)F)C(F)(F)F. The Hall–Kier alpha value is -1.37. The molecule has 0 aromatic heterocycles. The van der Waals surface area contributed by atoms with Gasteiger partial charge >= 0.3 is 36.3 Å². The van der Waals surface area contributed by atoms with E-state index in [0.717, 1.165) is 0 Å². The van der Waals surface area contributed by atoms with Crippen LogP contribution in [0.3, 0.4) is 0 Å². The Labute approximate surface area is 99.8 Å². The highest BCUT2D eigenvalue weighted by Crippen LogP contribution is 2.55. The molecule has 0 aromatic rings. The lowest BCUT2D eigenvalue weighted by Crippen LogP contribution is -2.66. The zero-order valence-electron chi connectivity index (χ0n) is 8.35. The van der Waals surface area contributed by atoms with E-state index in [1.807, 2.05) is 0 Å². The number of carbonyl (C=O) groups excluding carboxylic acids is 1. The Morgan fingerprint density at radius 2 is 0.950 bits per heavy atom. The Bertz CT molecular complexity index is 359. The summed E-state index contributed by atoms with van der Waals surface area (Å²) in [5, 5.41) is 0. The fourth-order valence-electron chi connectivity index (χ4n) is 0.735. The minimum Gasteiger partial charge on any atom is -0.391 e. The van der Waals surface area contributed by atoms with Crippen molar-refractivity contribution in [2.75, 3.05) is 0 Å². The van der Waals surface area contributed by atoms with Crippen LogP contribution >= 0.6 is 0 Å². The van der Waals surface area contributed by atoms with Crippen LogP contribution in [-0.2, 0) is 9.53 Å². The van der Waals surface area contributed by atoms with E-state index in [2.05, 4.69) is 0 Å². The van der Waals surface area contributed by atoms with E-state index < -0.39 is 36.3 Å². The molecule has 0 heterocycles. The van der Waals surface area contributed by atoms with E-state index in [4.69, 9.17) is 0 Å². The van der Waals surface area contributed by atoms with Crippen LogP contribution in [0.15, 0.2) is 0 Å². The number of hydrogen-bond acceptors (Lipinski definition) is 2. The van der Waals surface area contributed by atoms with Crippen LogP contribution in [0.2, 0.25) is 0 Å². The molecule has 0 rings (SSSR count). The smallest absolute Gasteiger partial charge is 0.391 e. The number of alkyl halides is 12. The summed E-state index contributed by atoms with van der Waals surface area (Å²) in [6.45, 7) is 0. The highest BCUT2D eigenvalue weighted by molar-refractivity contribution is 5.76. The summed E-state index contributed by atoms with van der Waals surface area (Å²) >= 11 is 0. The third kappa shape index (κ3) is 3.03. The number of ether oxygens (including phenoxy) is 1. The Kier molecular flexibility index (Phi) is 4.27. The Morgan fingerprint density at radius 3 is 1.15 bits per heavy atom. The van der Waals surface area contributed by atoms with Crippen LogP contribution in [0.4, 0.5) is 52.7 Å². The van der Waals surface area contributed by atoms with Crippen LogP contribution in [-0.4, -0.2) is 36.3 Å². The standard InChI is InChI=1S/C6F12O2/c7-2(8,9)1(19)20-6(17,18)3(10,4(11,12)13)5(14,15)16. The molecule has 0 amide bonds. The van der Waals surface area contributed by atoms with Crippen LogP contribution in [0.5, 0.6) is 0 Å². The average molecular weight is 332 g/mol. The summed E-state index contributed by atoms with van der Waals surface area (Å²) in [6.07, 6.45) is -28.3. The average Bonchev–Trinajstić information content (AvgIpc) is 2.10. The summed E-state index contributed by atoms with van der Waals surface area (Å²) in [6, 6.07) is 0.